The maximum absolute atomic E-state index is 12.5. The van der Waals surface area contributed by atoms with Gasteiger partial charge < -0.3 is 10.1 Å². The number of hydrogen-bond acceptors (Lipinski definition) is 3. The van der Waals surface area contributed by atoms with Crippen molar-refractivity contribution < 1.29 is 9.53 Å². The molecule has 0 saturated heterocycles. The van der Waals surface area contributed by atoms with Crippen LogP contribution >= 0.6 is 0 Å². The summed E-state index contributed by atoms with van der Waals surface area (Å²) in [7, 11) is 1.56. The molecule has 0 aliphatic heterocycles. The fourth-order valence-electron chi connectivity index (χ4n) is 3.24. The van der Waals surface area contributed by atoms with Gasteiger partial charge in [-0.15, -0.1) is 0 Å². The number of methoxy groups -OCH3 is 1. The molecule has 1 heterocycles. The molecule has 1 N–H and O–H groups in total. The van der Waals surface area contributed by atoms with Gasteiger partial charge in [-0.2, -0.15) is 0 Å². The van der Waals surface area contributed by atoms with E-state index in [-0.39, 0.29) is 17.4 Å². The number of ether oxygens (including phenoxy) is 1. The van der Waals surface area contributed by atoms with E-state index in [1.807, 2.05) is 6.07 Å². The molecule has 4 heteroatoms. The number of amides is 1. The van der Waals surface area contributed by atoms with Crippen LogP contribution in [0, 0.1) is 0 Å². The van der Waals surface area contributed by atoms with Crippen LogP contribution in [0.4, 0.5) is 0 Å². The number of carbonyl (C=O) groups excluding carboxylic acids is 1. The first kappa shape index (κ1) is 15.5. The van der Waals surface area contributed by atoms with Gasteiger partial charge in [0.05, 0.1) is 18.7 Å². The number of benzene rings is 1. The summed E-state index contributed by atoms with van der Waals surface area (Å²) in [5.41, 5.74) is 3.25. The van der Waals surface area contributed by atoms with Crippen molar-refractivity contribution in [3.63, 3.8) is 0 Å². The van der Waals surface area contributed by atoms with E-state index in [0.717, 1.165) is 12.8 Å². The van der Waals surface area contributed by atoms with E-state index in [1.165, 1.54) is 11.1 Å². The minimum Gasteiger partial charge on any atom is -0.481 e. The first-order chi connectivity index (χ1) is 11.0. The van der Waals surface area contributed by atoms with Gasteiger partial charge in [0.2, 0.25) is 5.88 Å². The van der Waals surface area contributed by atoms with Crippen LogP contribution in [0.1, 0.15) is 54.2 Å². The van der Waals surface area contributed by atoms with Gasteiger partial charge in [0.25, 0.3) is 5.91 Å². The number of nitrogens with one attached hydrogen (secondary N) is 1. The van der Waals surface area contributed by atoms with Gasteiger partial charge in [0.15, 0.2) is 0 Å². The molecule has 1 aliphatic rings. The molecular weight excluding hydrogens is 288 g/mol. The van der Waals surface area contributed by atoms with Crippen molar-refractivity contribution in [2.75, 3.05) is 7.11 Å². The Labute approximate surface area is 136 Å². The summed E-state index contributed by atoms with van der Waals surface area (Å²) in [6.07, 6.45) is 3.54. The van der Waals surface area contributed by atoms with E-state index in [9.17, 15) is 4.79 Å². The first-order valence-corrected chi connectivity index (χ1v) is 7.91. The average Bonchev–Trinajstić information content (AvgIpc) is 2.58. The fourth-order valence-corrected chi connectivity index (χ4v) is 3.24. The maximum Gasteiger partial charge on any atom is 0.253 e. The molecule has 0 spiro atoms. The Morgan fingerprint density at radius 2 is 2.04 bits per heavy atom. The summed E-state index contributed by atoms with van der Waals surface area (Å²) in [5, 5.41) is 3.15. The molecule has 120 valence electrons. The lowest BCUT2D eigenvalue weighted by molar-refractivity contribution is 0.0929. The molecule has 1 atom stereocenters. The maximum atomic E-state index is 12.5. The Morgan fingerprint density at radius 1 is 1.26 bits per heavy atom. The molecule has 1 amide bonds. The van der Waals surface area contributed by atoms with E-state index in [2.05, 4.69) is 42.3 Å². The molecule has 1 aromatic carbocycles. The zero-order chi connectivity index (χ0) is 16.4. The smallest absolute Gasteiger partial charge is 0.253 e. The summed E-state index contributed by atoms with van der Waals surface area (Å²) >= 11 is 0. The van der Waals surface area contributed by atoms with Crippen molar-refractivity contribution in [1.29, 1.82) is 0 Å². The van der Waals surface area contributed by atoms with Gasteiger partial charge in [-0.25, -0.2) is 4.98 Å². The van der Waals surface area contributed by atoms with Crippen molar-refractivity contribution >= 4 is 5.91 Å². The second-order valence-electron chi connectivity index (χ2n) is 6.63. The van der Waals surface area contributed by atoms with Crippen molar-refractivity contribution in [2.45, 2.75) is 38.1 Å². The Bertz CT molecular complexity index is 708. The lowest BCUT2D eigenvalue weighted by Gasteiger charge is -2.37. The number of rotatable bonds is 3. The predicted octanol–water partition coefficient (Wildman–Crippen LogP) is 3.63. The van der Waals surface area contributed by atoms with Gasteiger partial charge in [0.1, 0.15) is 0 Å². The minimum absolute atomic E-state index is 0.0498. The first-order valence-electron chi connectivity index (χ1n) is 7.91. The number of aromatic nitrogens is 1. The summed E-state index contributed by atoms with van der Waals surface area (Å²) in [5.74, 6) is 0.408. The fraction of sp³-hybridized carbons (Fsp3) is 0.368. The van der Waals surface area contributed by atoms with Crippen LogP contribution in [-0.2, 0) is 5.41 Å². The van der Waals surface area contributed by atoms with Crippen molar-refractivity contribution in [3.8, 4) is 5.88 Å². The van der Waals surface area contributed by atoms with Gasteiger partial charge in [-0.3, -0.25) is 4.79 Å². The lowest BCUT2D eigenvalue weighted by atomic mass is 9.71. The second-order valence-corrected chi connectivity index (χ2v) is 6.63. The lowest BCUT2D eigenvalue weighted by Crippen LogP contribution is -2.35. The highest BCUT2D eigenvalue weighted by Crippen LogP contribution is 2.41. The van der Waals surface area contributed by atoms with E-state index >= 15 is 0 Å². The highest BCUT2D eigenvalue weighted by atomic mass is 16.5. The standard InChI is InChI=1S/C19H22N2O2/c1-19(2)11-10-16(14-6-4-5-7-15(14)19)21-18(22)13-8-9-17(23-3)20-12-13/h4-9,12,16H,10-11H2,1-3H3,(H,21,22). The minimum atomic E-state index is -0.0975. The summed E-state index contributed by atoms with van der Waals surface area (Å²) in [6.45, 7) is 4.52. The molecule has 2 aromatic rings. The summed E-state index contributed by atoms with van der Waals surface area (Å²) in [4.78, 5) is 16.6. The van der Waals surface area contributed by atoms with Crippen LogP contribution in [0.15, 0.2) is 42.6 Å². The number of pyridine rings is 1. The average molecular weight is 310 g/mol. The van der Waals surface area contributed by atoms with E-state index < -0.39 is 0 Å². The molecule has 1 aliphatic carbocycles. The largest absolute Gasteiger partial charge is 0.481 e. The van der Waals surface area contributed by atoms with E-state index in [0.29, 0.717) is 11.4 Å². The quantitative estimate of drug-likeness (QED) is 0.942. The second kappa shape index (κ2) is 6.03. The number of hydrogen-bond donors (Lipinski definition) is 1. The van der Waals surface area contributed by atoms with Crippen LogP contribution in [0.25, 0.3) is 0 Å². The number of carbonyl (C=O) groups is 1. The van der Waals surface area contributed by atoms with Crippen LogP contribution in [0.3, 0.4) is 0 Å². The molecule has 1 unspecified atom stereocenters. The molecule has 0 fully saturated rings. The SMILES string of the molecule is COc1ccc(C(=O)NC2CCC(C)(C)c3ccccc32)cn1. The molecule has 23 heavy (non-hydrogen) atoms. The highest BCUT2D eigenvalue weighted by molar-refractivity contribution is 5.94. The van der Waals surface area contributed by atoms with Crippen LogP contribution < -0.4 is 10.1 Å². The number of nitrogens with zero attached hydrogens (tertiary/aromatic N) is 1. The third-order valence-electron chi connectivity index (χ3n) is 4.64. The number of fused-ring (bicyclic) bond motifs is 1. The van der Waals surface area contributed by atoms with Crippen molar-refractivity contribution in [1.82, 2.24) is 10.3 Å². The Morgan fingerprint density at radius 3 is 2.74 bits per heavy atom. The molecule has 0 radical (unpaired) electrons. The molecular formula is C19H22N2O2. The molecule has 0 saturated carbocycles. The predicted molar refractivity (Wildman–Crippen MR) is 89.7 cm³/mol. The molecule has 3 rings (SSSR count). The molecule has 4 nitrogen and oxygen atoms in total. The summed E-state index contributed by atoms with van der Waals surface area (Å²) < 4.78 is 5.03. The Kier molecular flexibility index (Phi) is 4.07. The van der Waals surface area contributed by atoms with E-state index in [1.54, 1.807) is 25.4 Å². The van der Waals surface area contributed by atoms with Gasteiger partial charge in [0, 0.05) is 12.3 Å². The van der Waals surface area contributed by atoms with Gasteiger partial charge in [-0.1, -0.05) is 38.1 Å². The molecule has 1 aromatic heterocycles. The third-order valence-corrected chi connectivity index (χ3v) is 4.64. The van der Waals surface area contributed by atoms with Crippen LogP contribution in [-0.4, -0.2) is 18.0 Å². The topological polar surface area (TPSA) is 51.2 Å². The summed E-state index contributed by atoms with van der Waals surface area (Å²) in [6, 6.07) is 11.9. The monoisotopic (exact) mass is 310 g/mol. The molecule has 0 bridgehead atoms. The normalized spacial score (nSPS) is 18.8. The van der Waals surface area contributed by atoms with Crippen molar-refractivity contribution in [2.24, 2.45) is 0 Å². The van der Waals surface area contributed by atoms with Crippen molar-refractivity contribution in [3.05, 3.63) is 59.3 Å². The Hall–Kier alpha value is -2.36. The van der Waals surface area contributed by atoms with E-state index in [4.69, 9.17) is 4.74 Å². The van der Waals surface area contributed by atoms with Gasteiger partial charge in [-0.05, 0) is 35.4 Å². The van der Waals surface area contributed by atoms with Crippen LogP contribution in [0.5, 0.6) is 5.88 Å². The van der Waals surface area contributed by atoms with Crippen LogP contribution in [0.2, 0.25) is 0 Å². The Balaban J connectivity index is 1.81. The highest BCUT2D eigenvalue weighted by Gasteiger charge is 2.32. The third kappa shape index (κ3) is 3.07. The zero-order valence-electron chi connectivity index (χ0n) is 13.8. The van der Waals surface area contributed by atoms with Gasteiger partial charge >= 0.3 is 0 Å². The zero-order valence-corrected chi connectivity index (χ0v) is 13.8.